The highest BCUT2D eigenvalue weighted by Gasteiger charge is 2.30. The number of piperidine rings is 1. The summed E-state index contributed by atoms with van der Waals surface area (Å²) in [5.74, 6) is 6.15. The fourth-order valence-electron chi connectivity index (χ4n) is 5.24. The average molecular weight is 539 g/mol. The molecule has 1 aliphatic rings. The molecule has 1 saturated heterocycles. The minimum absolute atomic E-state index is 0.114. The lowest BCUT2D eigenvalue weighted by molar-refractivity contribution is -0.137. The Hall–Kier alpha value is -3.18. The molecule has 200 valence electrons. The largest absolute Gasteiger partial charge is 0.497 e. The maximum Gasteiger partial charge on any atom is 0.303 e. The molecule has 2 aromatic carbocycles. The number of aliphatic hydroxyl groups excluding tert-OH is 1. The van der Waals surface area contributed by atoms with Gasteiger partial charge in [-0.2, -0.15) is 0 Å². The topological polar surface area (TPSA) is 82.9 Å². The van der Waals surface area contributed by atoms with Crippen LogP contribution in [0.2, 0.25) is 5.02 Å². The summed E-state index contributed by atoms with van der Waals surface area (Å²) in [5, 5.41) is 21.6. The van der Waals surface area contributed by atoms with Crippen molar-refractivity contribution in [2.75, 3.05) is 26.7 Å². The van der Waals surface area contributed by atoms with Gasteiger partial charge in [0.05, 0.1) is 30.3 Å². The smallest absolute Gasteiger partial charge is 0.303 e. The van der Waals surface area contributed by atoms with E-state index in [1.54, 1.807) is 19.4 Å². The molecule has 2 N–H and O–H groups in total. The molecule has 3 aromatic rings. The number of hydrogen-bond acceptors (Lipinski definition) is 5. The van der Waals surface area contributed by atoms with Gasteiger partial charge in [-0.05, 0) is 92.1 Å². The summed E-state index contributed by atoms with van der Waals surface area (Å²) < 4.78 is 18.6. The molecule has 2 heterocycles. The van der Waals surface area contributed by atoms with Gasteiger partial charge in [0.1, 0.15) is 11.6 Å². The van der Waals surface area contributed by atoms with Gasteiger partial charge in [0, 0.05) is 30.1 Å². The third kappa shape index (κ3) is 7.22. The first kappa shape index (κ1) is 27.8. The molecule has 1 unspecified atom stereocenters. The highest BCUT2D eigenvalue weighted by atomic mass is 35.5. The second-order valence-electron chi connectivity index (χ2n) is 9.78. The van der Waals surface area contributed by atoms with E-state index >= 15 is 0 Å². The monoisotopic (exact) mass is 538 g/mol. The Kier molecular flexibility index (Phi) is 9.57. The number of pyridine rings is 1. The lowest BCUT2D eigenvalue weighted by Crippen LogP contribution is -2.41. The fourth-order valence-corrected chi connectivity index (χ4v) is 5.46. The maximum absolute atomic E-state index is 13.3. The highest BCUT2D eigenvalue weighted by Crippen LogP contribution is 2.35. The Morgan fingerprint density at radius 2 is 2.08 bits per heavy atom. The van der Waals surface area contributed by atoms with Gasteiger partial charge >= 0.3 is 5.97 Å². The summed E-state index contributed by atoms with van der Waals surface area (Å²) in [6, 6.07) is 11.6. The number of aliphatic carboxylic acids is 1. The van der Waals surface area contributed by atoms with E-state index in [4.69, 9.17) is 16.3 Å². The molecule has 1 fully saturated rings. The third-order valence-electron chi connectivity index (χ3n) is 7.31. The van der Waals surface area contributed by atoms with Crippen molar-refractivity contribution >= 4 is 28.5 Å². The van der Waals surface area contributed by atoms with E-state index in [1.807, 2.05) is 24.3 Å². The number of ether oxygens (including phenoxy) is 1. The molecule has 8 heteroatoms. The van der Waals surface area contributed by atoms with Crippen LogP contribution < -0.4 is 4.74 Å². The van der Waals surface area contributed by atoms with E-state index in [0.717, 1.165) is 42.4 Å². The first-order valence-corrected chi connectivity index (χ1v) is 13.2. The summed E-state index contributed by atoms with van der Waals surface area (Å²) in [6.45, 7) is 2.11. The number of likely N-dealkylation sites (tertiary alicyclic amines) is 1. The molecule has 1 aliphatic heterocycles. The number of fused-ring (bicyclic) bond motifs is 1. The van der Waals surface area contributed by atoms with Crippen molar-refractivity contribution in [3.8, 4) is 17.6 Å². The van der Waals surface area contributed by atoms with Crippen LogP contribution in [-0.2, 0) is 4.79 Å². The molecule has 0 aliphatic carbocycles. The normalized spacial score (nSPS) is 18.5. The van der Waals surface area contributed by atoms with Crippen molar-refractivity contribution in [1.29, 1.82) is 0 Å². The lowest BCUT2D eigenvalue weighted by Gasteiger charge is -2.38. The Morgan fingerprint density at radius 1 is 1.24 bits per heavy atom. The SMILES string of the molecule is COc1ccc2nccc(C(O)CC[C@@H]3CCN(CC#Cc4ccc(F)cc4Cl)C[C@@H]3CCC(=O)O)c2c1. The van der Waals surface area contributed by atoms with Crippen LogP contribution in [-0.4, -0.2) is 52.8 Å². The zero-order valence-electron chi connectivity index (χ0n) is 21.4. The van der Waals surface area contributed by atoms with Gasteiger partial charge < -0.3 is 14.9 Å². The molecule has 0 radical (unpaired) electrons. The predicted molar refractivity (Wildman–Crippen MR) is 146 cm³/mol. The van der Waals surface area contributed by atoms with E-state index in [2.05, 4.69) is 21.7 Å². The molecule has 6 nitrogen and oxygen atoms in total. The Labute approximate surface area is 227 Å². The number of carboxylic acid groups (broad SMARTS) is 1. The maximum atomic E-state index is 13.3. The number of carbonyl (C=O) groups is 1. The van der Waals surface area contributed by atoms with Gasteiger partial charge in [-0.25, -0.2) is 4.39 Å². The molecule has 38 heavy (non-hydrogen) atoms. The number of hydrogen-bond donors (Lipinski definition) is 2. The second-order valence-corrected chi connectivity index (χ2v) is 10.2. The van der Waals surface area contributed by atoms with Crippen molar-refractivity contribution < 1.29 is 24.1 Å². The van der Waals surface area contributed by atoms with Gasteiger partial charge in [-0.3, -0.25) is 14.7 Å². The Bertz CT molecular complexity index is 1340. The number of nitrogens with zero attached hydrogens (tertiary/aromatic N) is 2. The van der Waals surface area contributed by atoms with Crippen LogP contribution in [0, 0.1) is 29.5 Å². The Balaban J connectivity index is 1.40. The van der Waals surface area contributed by atoms with Crippen LogP contribution in [0.15, 0.2) is 48.7 Å². The van der Waals surface area contributed by atoms with Crippen molar-refractivity contribution in [2.45, 2.75) is 38.2 Å². The number of benzene rings is 2. The summed E-state index contributed by atoms with van der Waals surface area (Å²) >= 11 is 6.07. The number of aliphatic hydroxyl groups is 1. The van der Waals surface area contributed by atoms with Crippen molar-refractivity contribution in [1.82, 2.24) is 9.88 Å². The molecule has 0 amide bonds. The van der Waals surface area contributed by atoms with Crippen LogP contribution in [0.3, 0.4) is 0 Å². The van der Waals surface area contributed by atoms with Gasteiger partial charge in [-0.15, -0.1) is 0 Å². The zero-order chi connectivity index (χ0) is 27.1. The van der Waals surface area contributed by atoms with E-state index < -0.39 is 17.9 Å². The van der Waals surface area contributed by atoms with Crippen molar-refractivity contribution in [3.05, 3.63) is 70.6 Å². The van der Waals surface area contributed by atoms with Gasteiger partial charge in [0.2, 0.25) is 0 Å². The molecule has 0 saturated carbocycles. The number of methoxy groups -OCH3 is 1. The van der Waals surface area contributed by atoms with E-state index in [1.165, 1.54) is 12.1 Å². The minimum Gasteiger partial charge on any atom is -0.497 e. The predicted octanol–water partition coefficient (Wildman–Crippen LogP) is 5.70. The molecular weight excluding hydrogens is 507 g/mol. The van der Waals surface area contributed by atoms with E-state index in [0.29, 0.717) is 36.6 Å². The third-order valence-corrected chi connectivity index (χ3v) is 7.63. The van der Waals surface area contributed by atoms with E-state index in [9.17, 15) is 19.4 Å². The number of rotatable bonds is 9. The van der Waals surface area contributed by atoms with Gasteiger partial charge in [0.15, 0.2) is 0 Å². The molecular formula is C30H32ClFN2O4. The van der Waals surface area contributed by atoms with Crippen molar-refractivity contribution in [2.24, 2.45) is 11.8 Å². The van der Waals surface area contributed by atoms with Crippen LogP contribution in [0.5, 0.6) is 5.75 Å². The van der Waals surface area contributed by atoms with Crippen LogP contribution in [0.4, 0.5) is 4.39 Å². The highest BCUT2D eigenvalue weighted by molar-refractivity contribution is 6.31. The second kappa shape index (κ2) is 13.1. The quantitative estimate of drug-likeness (QED) is 0.340. The van der Waals surface area contributed by atoms with Gasteiger partial charge in [-0.1, -0.05) is 23.4 Å². The number of halogens is 2. The number of aromatic nitrogens is 1. The minimum atomic E-state index is -0.802. The standard InChI is InChI=1S/C30H32ClFN2O4/c1-38-24-8-9-28-26(18-24)25(12-14-33-28)29(35)10-5-20-13-16-34(19-22(20)6-11-30(36)37)15-2-3-21-4-7-23(32)17-27(21)31/h4,7-9,12,14,17-18,20,22,29,35H,5-6,10-11,13,15-16,19H2,1H3,(H,36,37)/t20-,22+,29?/m1/s1. The molecule has 0 bridgehead atoms. The molecule has 4 rings (SSSR count). The van der Waals surface area contributed by atoms with E-state index in [-0.39, 0.29) is 17.4 Å². The molecule has 3 atom stereocenters. The number of carboxylic acids is 1. The molecule has 0 spiro atoms. The summed E-state index contributed by atoms with van der Waals surface area (Å²) in [4.78, 5) is 17.9. The molecule has 1 aromatic heterocycles. The van der Waals surface area contributed by atoms with Crippen LogP contribution >= 0.6 is 11.6 Å². The zero-order valence-corrected chi connectivity index (χ0v) is 22.1. The van der Waals surface area contributed by atoms with Crippen LogP contribution in [0.25, 0.3) is 10.9 Å². The Morgan fingerprint density at radius 3 is 2.84 bits per heavy atom. The summed E-state index contributed by atoms with van der Waals surface area (Å²) in [7, 11) is 1.61. The summed E-state index contributed by atoms with van der Waals surface area (Å²) in [5.41, 5.74) is 2.21. The summed E-state index contributed by atoms with van der Waals surface area (Å²) in [6.07, 6.45) is 4.03. The first-order valence-electron chi connectivity index (χ1n) is 12.8. The van der Waals surface area contributed by atoms with Crippen molar-refractivity contribution in [3.63, 3.8) is 0 Å². The lowest BCUT2D eigenvalue weighted by atomic mass is 9.79. The first-order chi connectivity index (χ1) is 18.3. The fraction of sp³-hybridized carbons (Fsp3) is 0.400. The van der Waals surface area contributed by atoms with Gasteiger partial charge in [0.25, 0.3) is 0 Å². The van der Waals surface area contributed by atoms with Crippen LogP contribution in [0.1, 0.15) is 49.3 Å². The average Bonchev–Trinajstić information content (AvgIpc) is 2.91.